The first-order valence-corrected chi connectivity index (χ1v) is 7.51. The highest BCUT2D eigenvalue weighted by Gasteiger charge is 2.16. The van der Waals surface area contributed by atoms with Crippen molar-refractivity contribution in [1.29, 1.82) is 0 Å². The maximum Gasteiger partial charge on any atom is 0.341 e. The highest BCUT2D eigenvalue weighted by molar-refractivity contribution is 6.00. The van der Waals surface area contributed by atoms with Gasteiger partial charge in [-0.25, -0.2) is 9.48 Å². The molecule has 2 heterocycles. The predicted octanol–water partition coefficient (Wildman–Crippen LogP) is 2.86. The molecule has 0 saturated heterocycles. The van der Waals surface area contributed by atoms with Crippen LogP contribution < -0.4 is 0 Å². The molecule has 6 heteroatoms. The molecule has 3 rings (SSSR count). The van der Waals surface area contributed by atoms with Crippen LogP contribution >= 0.6 is 0 Å². The third-order valence-electron chi connectivity index (χ3n) is 3.62. The molecule has 0 aliphatic heterocycles. The number of rotatable bonds is 5. The minimum Gasteiger partial charge on any atom is -0.454 e. The number of esters is 1. The van der Waals surface area contributed by atoms with Crippen LogP contribution in [0.2, 0.25) is 0 Å². The van der Waals surface area contributed by atoms with Gasteiger partial charge in [0.2, 0.25) is 5.78 Å². The van der Waals surface area contributed by atoms with Crippen molar-refractivity contribution in [3.63, 3.8) is 0 Å². The van der Waals surface area contributed by atoms with Crippen LogP contribution in [-0.2, 0) is 4.74 Å². The third kappa shape index (κ3) is 3.27. The molecular weight excluding hydrogens is 306 g/mol. The van der Waals surface area contributed by atoms with Gasteiger partial charge in [-0.2, -0.15) is 5.10 Å². The average molecular weight is 323 g/mol. The molecule has 0 radical (unpaired) electrons. The number of para-hydroxylation sites is 1. The Kier molecular flexibility index (Phi) is 4.29. The Morgan fingerprint density at radius 2 is 1.96 bits per heavy atom. The van der Waals surface area contributed by atoms with E-state index in [9.17, 15) is 9.59 Å². The number of ether oxygens (including phenoxy) is 1. The Hall–Kier alpha value is -3.15. The molecule has 0 spiro atoms. The number of carbonyl (C=O) groups is 2. The number of hydrogen-bond acceptors (Lipinski definition) is 4. The molecule has 0 bridgehead atoms. The topological polar surface area (TPSA) is 77.0 Å². The van der Waals surface area contributed by atoms with E-state index < -0.39 is 5.97 Å². The van der Waals surface area contributed by atoms with Gasteiger partial charge in [-0.1, -0.05) is 18.2 Å². The first-order valence-electron chi connectivity index (χ1n) is 7.51. The van der Waals surface area contributed by atoms with Crippen LogP contribution in [0, 0.1) is 13.8 Å². The molecule has 6 nitrogen and oxygen atoms in total. The number of aromatic amines is 1. The lowest BCUT2D eigenvalue weighted by Crippen LogP contribution is -2.14. The minimum absolute atomic E-state index is 0.236. The van der Waals surface area contributed by atoms with Crippen LogP contribution in [0.5, 0.6) is 0 Å². The smallest absolute Gasteiger partial charge is 0.341 e. The number of hydrogen-bond donors (Lipinski definition) is 1. The SMILES string of the molecule is Cc1cc(C(=O)COC(=O)c2cnn(-c3ccccc3)c2)c(C)[nH]1. The number of Topliss-reactive ketones (excluding diaryl/α,β-unsaturated/α-hetero) is 1. The molecule has 0 fully saturated rings. The normalized spacial score (nSPS) is 10.6. The van der Waals surface area contributed by atoms with Crippen LogP contribution in [0.25, 0.3) is 5.69 Å². The Bertz CT molecular complexity index is 878. The zero-order valence-electron chi connectivity index (χ0n) is 13.4. The summed E-state index contributed by atoms with van der Waals surface area (Å²) in [6.45, 7) is 3.38. The van der Waals surface area contributed by atoms with E-state index in [0.717, 1.165) is 17.1 Å². The lowest BCUT2D eigenvalue weighted by Gasteiger charge is -2.02. The number of ketones is 1. The molecule has 0 aliphatic carbocycles. The largest absolute Gasteiger partial charge is 0.454 e. The van der Waals surface area contributed by atoms with Crippen molar-refractivity contribution in [3.8, 4) is 5.69 Å². The maximum absolute atomic E-state index is 12.1. The van der Waals surface area contributed by atoms with Crippen LogP contribution in [-0.4, -0.2) is 33.1 Å². The Morgan fingerprint density at radius 1 is 1.21 bits per heavy atom. The quantitative estimate of drug-likeness (QED) is 0.578. The average Bonchev–Trinajstić information content (AvgIpc) is 3.20. The zero-order chi connectivity index (χ0) is 17.1. The first-order chi connectivity index (χ1) is 11.5. The molecule has 2 aromatic heterocycles. The third-order valence-corrected chi connectivity index (χ3v) is 3.62. The molecule has 3 aromatic rings. The second-order valence-electron chi connectivity index (χ2n) is 5.50. The van der Waals surface area contributed by atoms with Gasteiger partial charge in [-0.3, -0.25) is 4.79 Å². The van der Waals surface area contributed by atoms with Crippen molar-refractivity contribution < 1.29 is 14.3 Å². The fraction of sp³-hybridized carbons (Fsp3) is 0.167. The van der Waals surface area contributed by atoms with E-state index in [-0.39, 0.29) is 12.4 Å². The van der Waals surface area contributed by atoms with Gasteiger partial charge in [0.05, 0.1) is 17.4 Å². The summed E-state index contributed by atoms with van der Waals surface area (Å²) < 4.78 is 6.68. The van der Waals surface area contributed by atoms with Gasteiger partial charge >= 0.3 is 5.97 Å². The van der Waals surface area contributed by atoms with Crippen molar-refractivity contribution in [2.24, 2.45) is 0 Å². The predicted molar refractivity (Wildman–Crippen MR) is 88.4 cm³/mol. The molecule has 0 atom stereocenters. The summed E-state index contributed by atoms with van der Waals surface area (Å²) in [6.07, 6.45) is 3.00. The summed E-state index contributed by atoms with van der Waals surface area (Å²) in [5, 5.41) is 4.14. The number of nitrogens with one attached hydrogen (secondary N) is 1. The molecule has 0 aliphatic rings. The van der Waals surface area contributed by atoms with Crippen molar-refractivity contribution in [1.82, 2.24) is 14.8 Å². The van der Waals surface area contributed by atoms with Crippen LogP contribution in [0.1, 0.15) is 32.1 Å². The highest BCUT2D eigenvalue weighted by Crippen LogP contribution is 2.12. The molecule has 0 amide bonds. The number of benzene rings is 1. The highest BCUT2D eigenvalue weighted by atomic mass is 16.5. The van der Waals surface area contributed by atoms with Crippen molar-refractivity contribution in [2.45, 2.75) is 13.8 Å². The van der Waals surface area contributed by atoms with Gasteiger partial charge in [0, 0.05) is 23.1 Å². The lowest BCUT2D eigenvalue weighted by atomic mass is 10.1. The Balaban J connectivity index is 1.64. The van der Waals surface area contributed by atoms with Crippen LogP contribution in [0.3, 0.4) is 0 Å². The van der Waals surface area contributed by atoms with E-state index in [4.69, 9.17) is 4.74 Å². The lowest BCUT2D eigenvalue weighted by molar-refractivity contribution is 0.0474. The number of aromatic nitrogens is 3. The standard InChI is InChI=1S/C18H17N3O3/c1-12-8-16(13(2)20-12)17(22)11-24-18(23)14-9-19-21(10-14)15-6-4-3-5-7-15/h3-10,20H,11H2,1-2H3. The van der Waals surface area contributed by atoms with Gasteiger partial charge in [-0.15, -0.1) is 0 Å². The fourth-order valence-corrected chi connectivity index (χ4v) is 2.46. The van der Waals surface area contributed by atoms with Crippen LogP contribution in [0.15, 0.2) is 48.8 Å². The number of aryl methyl sites for hydroxylation is 2. The summed E-state index contributed by atoms with van der Waals surface area (Å²) in [5.41, 5.74) is 3.34. The van der Waals surface area contributed by atoms with E-state index in [1.807, 2.05) is 44.2 Å². The van der Waals surface area contributed by atoms with Crippen molar-refractivity contribution in [3.05, 3.63) is 71.3 Å². The molecule has 0 saturated carbocycles. The van der Waals surface area contributed by atoms with E-state index >= 15 is 0 Å². The summed E-state index contributed by atoms with van der Waals surface area (Å²) in [4.78, 5) is 27.3. The van der Waals surface area contributed by atoms with Crippen molar-refractivity contribution in [2.75, 3.05) is 6.61 Å². The van der Waals surface area contributed by atoms with E-state index in [2.05, 4.69) is 10.1 Å². The summed E-state index contributed by atoms with van der Waals surface area (Å²) in [5.74, 6) is -0.809. The molecular formula is C18H17N3O3. The van der Waals surface area contributed by atoms with Gasteiger partial charge in [0.25, 0.3) is 0 Å². The number of nitrogens with zero attached hydrogens (tertiary/aromatic N) is 2. The fourth-order valence-electron chi connectivity index (χ4n) is 2.46. The van der Waals surface area contributed by atoms with E-state index in [0.29, 0.717) is 11.1 Å². The molecule has 1 N–H and O–H groups in total. The zero-order valence-corrected chi connectivity index (χ0v) is 13.4. The molecule has 1 aromatic carbocycles. The Labute approximate surface area is 139 Å². The van der Waals surface area contributed by atoms with Gasteiger partial charge in [-0.05, 0) is 32.0 Å². The van der Waals surface area contributed by atoms with Gasteiger partial charge < -0.3 is 9.72 Å². The first kappa shape index (κ1) is 15.7. The van der Waals surface area contributed by atoms with Gasteiger partial charge in [0.15, 0.2) is 6.61 Å². The molecule has 122 valence electrons. The van der Waals surface area contributed by atoms with Crippen LogP contribution in [0.4, 0.5) is 0 Å². The molecule has 24 heavy (non-hydrogen) atoms. The van der Waals surface area contributed by atoms with Gasteiger partial charge in [0.1, 0.15) is 0 Å². The monoisotopic (exact) mass is 323 g/mol. The van der Waals surface area contributed by atoms with Crippen molar-refractivity contribution >= 4 is 11.8 Å². The summed E-state index contributed by atoms with van der Waals surface area (Å²) >= 11 is 0. The maximum atomic E-state index is 12.1. The summed E-state index contributed by atoms with van der Waals surface area (Å²) in [6, 6.07) is 11.2. The van der Waals surface area contributed by atoms with E-state index in [1.54, 1.807) is 16.9 Å². The minimum atomic E-state index is -0.574. The second-order valence-corrected chi connectivity index (χ2v) is 5.50. The second kappa shape index (κ2) is 6.54. The summed E-state index contributed by atoms with van der Waals surface area (Å²) in [7, 11) is 0. The Morgan fingerprint density at radius 3 is 2.62 bits per heavy atom. The number of H-pyrrole nitrogens is 1. The van der Waals surface area contributed by atoms with E-state index in [1.165, 1.54) is 6.20 Å². The molecule has 0 unspecified atom stereocenters. The number of carbonyl (C=O) groups excluding carboxylic acids is 2.